The molecular formula is C18H20N6OS. The molecule has 2 N–H and O–H groups in total. The fourth-order valence-corrected chi connectivity index (χ4v) is 3.84. The molecule has 8 heteroatoms. The van der Waals surface area contributed by atoms with Crippen molar-refractivity contribution in [3.63, 3.8) is 0 Å². The maximum absolute atomic E-state index is 12.4. The average Bonchev–Trinajstić information content (AvgIpc) is 3.39. The van der Waals surface area contributed by atoms with Crippen LogP contribution in [0.4, 0.5) is 5.13 Å². The first-order chi connectivity index (χ1) is 12.7. The summed E-state index contributed by atoms with van der Waals surface area (Å²) in [5, 5.41) is 12.3. The second kappa shape index (κ2) is 7.35. The van der Waals surface area contributed by atoms with Gasteiger partial charge in [0, 0.05) is 29.4 Å². The van der Waals surface area contributed by atoms with Crippen molar-refractivity contribution in [2.24, 2.45) is 0 Å². The van der Waals surface area contributed by atoms with E-state index in [0.29, 0.717) is 10.8 Å². The van der Waals surface area contributed by atoms with Gasteiger partial charge in [0.15, 0.2) is 5.13 Å². The van der Waals surface area contributed by atoms with Crippen LogP contribution in [-0.2, 0) is 6.54 Å². The van der Waals surface area contributed by atoms with Crippen LogP contribution in [0.5, 0.6) is 0 Å². The lowest BCUT2D eigenvalue weighted by atomic mass is 10.1. The zero-order chi connectivity index (χ0) is 17.9. The molecule has 7 nitrogen and oxygen atoms in total. The molecule has 0 bridgehead atoms. The highest BCUT2D eigenvalue weighted by atomic mass is 32.1. The van der Waals surface area contributed by atoms with Crippen LogP contribution < -0.4 is 5.32 Å². The van der Waals surface area contributed by atoms with Gasteiger partial charge in [0.2, 0.25) is 0 Å². The maximum atomic E-state index is 12.4. The molecule has 0 saturated carbocycles. The van der Waals surface area contributed by atoms with E-state index in [-0.39, 0.29) is 11.9 Å². The number of aromatic nitrogens is 4. The number of anilines is 1. The second-order valence-corrected chi connectivity index (χ2v) is 7.28. The molecule has 4 rings (SSSR count). The van der Waals surface area contributed by atoms with Crippen molar-refractivity contribution in [1.82, 2.24) is 25.1 Å². The summed E-state index contributed by atoms with van der Waals surface area (Å²) in [6.45, 7) is 3.89. The number of aryl methyl sites for hydroxylation is 1. The quantitative estimate of drug-likeness (QED) is 0.722. The molecule has 1 fully saturated rings. The van der Waals surface area contributed by atoms with Crippen LogP contribution in [0.3, 0.4) is 0 Å². The third-order valence-corrected chi connectivity index (χ3v) is 5.36. The van der Waals surface area contributed by atoms with Gasteiger partial charge < -0.3 is 0 Å². The van der Waals surface area contributed by atoms with Crippen molar-refractivity contribution < 1.29 is 4.79 Å². The highest BCUT2D eigenvalue weighted by molar-refractivity contribution is 7.13. The van der Waals surface area contributed by atoms with Gasteiger partial charge in [-0.1, -0.05) is 6.07 Å². The largest absolute Gasteiger partial charge is 0.296 e. The van der Waals surface area contributed by atoms with Crippen LogP contribution >= 0.6 is 11.3 Å². The van der Waals surface area contributed by atoms with E-state index in [4.69, 9.17) is 0 Å². The van der Waals surface area contributed by atoms with Crippen molar-refractivity contribution in [2.45, 2.75) is 32.4 Å². The number of hydrogen-bond donors (Lipinski definition) is 2. The molecular weight excluding hydrogens is 348 g/mol. The number of thiazole rings is 1. The maximum Gasteiger partial charge on any atom is 0.276 e. The predicted octanol–water partition coefficient (Wildman–Crippen LogP) is 3.16. The Morgan fingerprint density at radius 3 is 3.15 bits per heavy atom. The number of carbonyl (C=O) groups is 1. The number of pyridine rings is 1. The summed E-state index contributed by atoms with van der Waals surface area (Å²) in [7, 11) is 0. The summed E-state index contributed by atoms with van der Waals surface area (Å²) in [6.07, 6.45) is 5.72. The van der Waals surface area contributed by atoms with Gasteiger partial charge in [0.25, 0.3) is 5.91 Å². The first kappa shape index (κ1) is 16.9. The lowest BCUT2D eigenvalue weighted by Gasteiger charge is -2.24. The zero-order valence-electron chi connectivity index (χ0n) is 14.5. The Morgan fingerprint density at radius 2 is 2.38 bits per heavy atom. The molecule has 1 aliphatic heterocycles. The van der Waals surface area contributed by atoms with Gasteiger partial charge in [-0.2, -0.15) is 5.10 Å². The first-order valence-corrected chi connectivity index (χ1v) is 9.49. The van der Waals surface area contributed by atoms with Gasteiger partial charge in [0.05, 0.1) is 17.9 Å². The monoisotopic (exact) mass is 368 g/mol. The molecule has 134 valence electrons. The Kier molecular flexibility index (Phi) is 4.77. The first-order valence-electron chi connectivity index (χ1n) is 8.61. The number of nitrogens with zero attached hydrogens (tertiary/aromatic N) is 4. The van der Waals surface area contributed by atoms with E-state index in [1.807, 2.05) is 30.6 Å². The molecule has 3 aromatic rings. The third-order valence-electron chi connectivity index (χ3n) is 4.67. The van der Waals surface area contributed by atoms with E-state index in [1.165, 1.54) is 16.9 Å². The minimum absolute atomic E-state index is 0.219. The Hall–Kier alpha value is -2.58. The SMILES string of the molecule is Cc1[nH]ncc1CN1CCC[C@H]1c1cccc(C(=O)Nc2nccs2)n1. The number of rotatable bonds is 5. The molecule has 1 atom stereocenters. The van der Waals surface area contributed by atoms with E-state index in [2.05, 4.69) is 30.4 Å². The highest BCUT2D eigenvalue weighted by Crippen LogP contribution is 2.32. The summed E-state index contributed by atoms with van der Waals surface area (Å²) in [4.78, 5) is 23.6. The number of likely N-dealkylation sites (tertiary alicyclic amines) is 1. The van der Waals surface area contributed by atoms with Gasteiger partial charge >= 0.3 is 0 Å². The molecule has 0 aromatic carbocycles. The summed E-state index contributed by atoms with van der Waals surface area (Å²) in [6, 6.07) is 5.87. The molecule has 3 aromatic heterocycles. The summed E-state index contributed by atoms with van der Waals surface area (Å²) in [5.74, 6) is -0.225. The molecule has 0 unspecified atom stereocenters. The van der Waals surface area contributed by atoms with Crippen LogP contribution in [0.1, 0.15) is 46.3 Å². The Labute approximate surface area is 155 Å². The van der Waals surface area contributed by atoms with E-state index in [1.54, 1.807) is 12.3 Å². The summed E-state index contributed by atoms with van der Waals surface area (Å²) >= 11 is 1.39. The Balaban J connectivity index is 1.51. The van der Waals surface area contributed by atoms with Crippen molar-refractivity contribution in [2.75, 3.05) is 11.9 Å². The number of H-pyrrole nitrogens is 1. The Morgan fingerprint density at radius 1 is 1.46 bits per heavy atom. The van der Waals surface area contributed by atoms with E-state index in [0.717, 1.165) is 37.3 Å². The van der Waals surface area contributed by atoms with E-state index in [9.17, 15) is 4.79 Å². The third kappa shape index (κ3) is 3.51. The number of amides is 1. The average molecular weight is 368 g/mol. The number of aromatic amines is 1. The molecule has 0 aliphatic carbocycles. The van der Waals surface area contributed by atoms with Crippen molar-refractivity contribution in [3.05, 3.63) is 58.6 Å². The van der Waals surface area contributed by atoms with Crippen LogP contribution in [-0.4, -0.2) is 37.5 Å². The summed E-state index contributed by atoms with van der Waals surface area (Å²) in [5.41, 5.74) is 3.66. The van der Waals surface area contributed by atoms with Gasteiger partial charge in [-0.25, -0.2) is 9.97 Å². The Bertz CT molecular complexity index is 891. The highest BCUT2D eigenvalue weighted by Gasteiger charge is 2.28. The van der Waals surface area contributed by atoms with Gasteiger partial charge in [0.1, 0.15) is 5.69 Å². The molecule has 1 amide bonds. The van der Waals surface area contributed by atoms with Crippen molar-refractivity contribution in [1.29, 1.82) is 0 Å². The van der Waals surface area contributed by atoms with Gasteiger partial charge in [-0.3, -0.25) is 20.1 Å². The predicted molar refractivity (Wildman–Crippen MR) is 100 cm³/mol. The number of carbonyl (C=O) groups excluding carboxylic acids is 1. The van der Waals surface area contributed by atoms with Crippen LogP contribution in [0, 0.1) is 6.92 Å². The lowest BCUT2D eigenvalue weighted by Crippen LogP contribution is -2.24. The smallest absolute Gasteiger partial charge is 0.276 e. The fourth-order valence-electron chi connectivity index (χ4n) is 3.31. The molecule has 1 saturated heterocycles. The minimum Gasteiger partial charge on any atom is -0.296 e. The molecule has 4 heterocycles. The van der Waals surface area contributed by atoms with Gasteiger partial charge in [-0.15, -0.1) is 11.3 Å². The molecule has 0 radical (unpaired) electrons. The fraction of sp³-hybridized carbons (Fsp3) is 0.333. The van der Waals surface area contributed by atoms with E-state index < -0.39 is 0 Å². The molecule has 0 spiro atoms. The lowest BCUT2D eigenvalue weighted by molar-refractivity contribution is 0.102. The summed E-state index contributed by atoms with van der Waals surface area (Å²) < 4.78 is 0. The standard InChI is InChI=1S/C18H20N6OS/c1-12-13(10-20-23-12)11-24-8-3-6-16(24)14-4-2-5-15(21-14)17(25)22-18-19-7-9-26-18/h2,4-5,7,9-10,16H,3,6,8,11H2,1H3,(H,20,23)(H,19,22,25)/t16-/m0/s1. The zero-order valence-corrected chi connectivity index (χ0v) is 15.3. The van der Waals surface area contributed by atoms with Crippen LogP contribution in [0.25, 0.3) is 0 Å². The number of hydrogen-bond acceptors (Lipinski definition) is 6. The van der Waals surface area contributed by atoms with E-state index >= 15 is 0 Å². The van der Waals surface area contributed by atoms with Crippen molar-refractivity contribution >= 4 is 22.4 Å². The van der Waals surface area contributed by atoms with Crippen molar-refractivity contribution in [3.8, 4) is 0 Å². The second-order valence-electron chi connectivity index (χ2n) is 6.39. The topological polar surface area (TPSA) is 86.8 Å². The number of nitrogens with one attached hydrogen (secondary N) is 2. The minimum atomic E-state index is -0.225. The normalized spacial score (nSPS) is 17.5. The van der Waals surface area contributed by atoms with Crippen LogP contribution in [0.2, 0.25) is 0 Å². The van der Waals surface area contributed by atoms with Crippen LogP contribution in [0.15, 0.2) is 36.0 Å². The molecule has 26 heavy (non-hydrogen) atoms. The van der Waals surface area contributed by atoms with Gasteiger partial charge in [-0.05, 0) is 38.4 Å². The molecule has 1 aliphatic rings.